The van der Waals surface area contributed by atoms with Gasteiger partial charge in [0.25, 0.3) is 11.8 Å². The van der Waals surface area contributed by atoms with E-state index in [4.69, 9.17) is 18.9 Å². The Labute approximate surface area is 275 Å². The van der Waals surface area contributed by atoms with E-state index in [0.29, 0.717) is 59.7 Å². The van der Waals surface area contributed by atoms with Crippen LogP contribution in [0.4, 0.5) is 0 Å². The number of amides is 3. The number of benzene rings is 2. The van der Waals surface area contributed by atoms with Crippen LogP contribution in [0.3, 0.4) is 0 Å². The number of hydrogen-bond acceptors (Lipinski definition) is 8. The number of pyridine rings is 1. The Morgan fingerprint density at radius 3 is 2.77 bits per heavy atom. The standard InChI is InChI=1S/C36H42N4O7/c1-22(2)20-45-27-14-25-15-28(17-27)47-26-9-5-7-23(13-26)21-46-32-18-40(12-11-31(32)37-33(41)19-39(3)35(25)42)36(43)29-16-24-8-6-10-30(24)38-34(29)44-4/h5,7,9,13-17,22,31-32H,6,8,10-12,18-21H2,1-4H3,(H,37,41)/t31-,32-/m0/s1. The van der Waals surface area contributed by atoms with Crippen LogP contribution in [0.25, 0.3) is 0 Å². The minimum Gasteiger partial charge on any atom is -0.493 e. The maximum atomic E-state index is 13.8. The molecule has 1 saturated heterocycles. The number of nitrogens with one attached hydrogen (secondary N) is 1. The van der Waals surface area contributed by atoms with Gasteiger partial charge in [0.1, 0.15) is 22.8 Å². The topological polar surface area (TPSA) is 120 Å². The normalized spacial score (nSPS) is 19.9. The molecule has 1 aromatic heterocycles. The van der Waals surface area contributed by atoms with Gasteiger partial charge in [-0.1, -0.05) is 26.0 Å². The Balaban J connectivity index is 1.26. The summed E-state index contributed by atoms with van der Waals surface area (Å²) in [6.45, 7) is 5.32. The summed E-state index contributed by atoms with van der Waals surface area (Å²) < 4.78 is 24.1. The molecule has 3 amide bonds. The molecule has 3 aliphatic rings. The van der Waals surface area contributed by atoms with Crippen LogP contribution in [0.2, 0.25) is 0 Å². The maximum Gasteiger partial charge on any atom is 0.259 e. The quantitative estimate of drug-likeness (QED) is 0.435. The van der Waals surface area contributed by atoms with E-state index in [0.717, 1.165) is 36.1 Å². The second-order valence-corrected chi connectivity index (χ2v) is 12.9. The summed E-state index contributed by atoms with van der Waals surface area (Å²) in [6, 6.07) is 14.1. The van der Waals surface area contributed by atoms with Crippen molar-refractivity contribution >= 4 is 17.7 Å². The van der Waals surface area contributed by atoms with Gasteiger partial charge >= 0.3 is 0 Å². The summed E-state index contributed by atoms with van der Waals surface area (Å²) in [5.74, 6) is 1.31. The Bertz CT molecular complexity index is 1660. The van der Waals surface area contributed by atoms with E-state index in [1.165, 1.54) is 12.0 Å². The fourth-order valence-electron chi connectivity index (χ4n) is 6.27. The highest BCUT2D eigenvalue weighted by molar-refractivity contribution is 5.98. The molecule has 1 aliphatic carbocycles. The predicted molar refractivity (Wildman–Crippen MR) is 174 cm³/mol. The van der Waals surface area contributed by atoms with Gasteiger partial charge in [-0.3, -0.25) is 14.4 Å². The van der Waals surface area contributed by atoms with Crippen LogP contribution >= 0.6 is 0 Å². The van der Waals surface area contributed by atoms with Crippen LogP contribution in [0.15, 0.2) is 48.5 Å². The number of aromatic nitrogens is 1. The molecule has 47 heavy (non-hydrogen) atoms. The van der Waals surface area contributed by atoms with E-state index in [1.54, 1.807) is 30.1 Å². The first-order valence-electron chi connectivity index (χ1n) is 16.2. The number of likely N-dealkylation sites (tertiary alicyclic amines) is 1. The third kappa shape index (κ3) is 7.51. The third-order valence-corrected chi connectivity index (χ3v) is 8.67. The van der Waals surface area contributed by atoms with Gasteiger partial charge in [-0.05, 0) is 73.1 Å². The van der Waals surface area contributed by atoms with Crippen LogP contribution in [-0.4, -0.2) is 85.0 Å². The van der Waals surface area contributed by atoms with E-state index in [9.17, 15) is 14.4 Å². The van der Waals surface area contributed by atoms with E-state index in [2.05, 4.69) is 10.3 Å². The SMILES string of the molecule is COc1nc2c(cc1C(=O)N1CC[C@@H]3NC(=O)CN(C)C(=O)c4cc(OCC(C)C)cc(c4)Oc4cccc(c4)CO[C@H]3C1)CCC2. The lowest BCUT2D eigenvalue weighted by Crippen LogP contribution is -2.57. The lowest BCUT2D eigenvalue weighted by atomic mass is 10.00. The number of aryl methyl sites for hydroxylation is 2. The number of hydrogen-bond donors (Lipinski definition) is 1. The summed E-state index contributed by atoms with van der Waals surface area (Å²) in [5.41, 5.74) is 3.72. The molecule has 0 saturated carbocycles. The highest BCUT2D eigenvalue weighted by Gasteiger charge is 2.35. The predicted octanol–water partition coefficient (Wildman–Crippen LogP) is 4.41. The zero-order valence-corrected chi connectivity index (χ0v) is 27.4. The zero-order chi connectivity index (χ0) is 33.1. The average Bonchev–Trinajstić information content (AvgIpc) is 3.53. The van der Waals surface area contributed by atoms with Crippen molar-refractivity contribution in [3.63, 3.8) is 0 Å². The summed E-state index contributed by atoms with van der Waals surface area (Å²) in [6.07, 6.45) is 2.76. The first kappa shape index (κ1) is 32.3. The molecule has 6 rings (SSSR count). The monoisotopic (exact) mass is 642 g/mol. The first-order chi connectivity index (χ1) is 22.7. The van der Waals surface area contributed by atoms with Crippen LogP contribution in [0.1, 0.15) is 64.2 Å². The number of rotatable bonds is 5. The van der Waals surface area contributed by atoms with E-state index in [1.807, 2.05) is 44.2 Å². The fourth-order valence-corrected chi connectivity index (χ4v) is 6.27. The fraction of sp³-hybridized carbons (Fsp3) is 0.444. The number of piperidine rings is 1. The van der Waals surface area contributed by atoms with E-state index < -0.39 is 6.10 Å². The lowest BCUT2D eigenvalue weighted by Gasteiger charge is -2.39. The Morgan fingerprint density at radius 1 is 1.11 bits per heavy atom. The van der Waals surface area contributed by atoms with Crippen molar-refractivity contribution in [1.29, 1.82) is 0 Å². The molecule has 2 aliphatic heterocycles. The number of likely N-dealkylation sites (N-methyl/N-ethyl adjacent to an activating group) is 1. The summed E-state index contributed by atoms with van der Waals surface area (Å²) in [4.78, 5) is 48.4. The molecule has 0 radical (unpaired) electrons. The molecule has 11 nitrogen and oxygen atoms in total. The van der Waals surface area contributed by atoms with Crippen molar-refractivity contribution in [3.8, 4) is 23.1 Å². The van der Waals surface area contributed by atoms with Crippen molar-refractivity contribution < 1.29 is 33.3 Å². The number of methoxy groups -OCH3 is 1. The number of carbonyl (C=O) groups excluding carboxylic acids is 3. The molecule has 4 bridgehead atoms. The molecule has 248 valence electrons. The van der Waals surface area contributed by atoms with Crippen molar-refractivity contribution in [2.45, 2.75) is 58.3 Å². The molecule has 2 atom stereocenters. The van der Waals surface area contributed by atoms with Crippen LogP contribution in [-0.2, 0) is 29.0 Å². The number of fused-ring (bicyclic) bond motifs is 6. The highest BCUT2D eigenvalue weighted by atomic mass is 16.5. The first-order valence-corrected chi connectivity index (χ1v) is 16.2. The van der Waals surface area contributed by atoms with Gasteiger partial charge in [0.05, 0.1) is 39.0 Å². The molecule has 3 aromatic rings. The molecule has 1 N–H and O–H groups in total. The van der Waals surface area contributed by atoms with Gasteiger partial charge in [0.15, 0.2) is 0 Å². The molecular weight excluding hydrogens is 600 g/mol. The number of nitrogens with zero attached hydrogens (tertiary/aromatic N) is 3. The summed E-state index contributed by atoms with van der Waals surface area (Å²) >= 11 is 0. The Hall–Kier alpha value is -4.64. The number of carbonyl (C=O) groups is 3. The molecule has 3 heterocycles. The molecule has 0 spiro atoms. The third-order valence-electron chi connectivity index (χ3n) is 8.67. The Kier molecular flexibility index (Phi) is 9.63. The summed E-state index contributed by atoms with van der Waals surface area (Å²) in [5, 5.41) is 3.08. The van der Waals surface area contributed by atoms with Gasteiger partial charge in [-0.2, -0.15) is 0 Å². The van der Waals surface area contributed by atoms with Gasteiger partial charge < -0.3 is 34.1 Å². The molecule has 2 aromatic carbocycles. The minimum absolute atomic E-state index is 0.158. The zero-order valence-electron chi connectivity index (χ0n) is 27.4. The second-order valence-electron chi connectivity index (χ2n) is 12.9. The van der Waals surface area contributed by atoms with Gasteiger partial charge in [-0.15, -0.1) is 0 Å². The van der Waals surface area contributed by atoms with Crippen LogP contribution < -0.4 is 19.5 Å². The highest BCUT2D eigenvalue weighted by Crippen LogP contribution is 2.31. The van der Waals surface area contributed by atoms with Gasteiger partial charge in [0, 0.05) is 37.5 Å². The van der Waals surface area contributed by atoms with Gasteiger partial charge in [-0.25, -0.2) is 4.98 Å². The average molecular weight is 643 g/mol. The van der Waals surface area contributed by atoms with Crippen LogP contribution in [0, 0.1) is 5.92 Å². The smallest absolute Gasteiger partial charge is 0.259 e. The van der Waals surface area contributed by atoms with Crippen LogP contribution in [0.5, 0.6) is 23.1 Å². The van der Waals surface area contributed by atoms with Gasteiger partial charge in [0.2, 0.25) is 11.8 Å². The number of ether oxygens (including phenoxy) is 4. The molecule has 11 heteroatoms. The van der Waals surface area contributed by atoms with Crippen molar-refractivity contribution in [2.75, 3.05) is 40.4 Å². The van der Waals surface area contributed by atoms with E-state index >= 15 is 0 Å². The summed E-state index contributed by atoms with van der Waals surface area (Å²) in [7, 11) is 3.12. The maximum absolute atomic E-state index is 13.8. The largest absolute Gasteiger partial charge is 0.493 e. The molecular formula is C36H42N4O7. The molecule has 0 unspecified atom stereocenters. The van der Waals surface area contributed by atoms with Crippen molar-refractivity contribution in [3.05, 3.63) is 76.5 Å². The van der Waals surface area contributed by atoms with E-state index in [-0.39, 0.29) is 43.5 Å². The van der Waals surface area contributed by atoms with Crippen molar-refractivity contribution in [1.82, 2.24) is 20.1 Å². The van der Waals surface area contributed by atoms with Crippen molar-refractivity contribution in [2.24, 2.45) is 5.92 Å². The Morgan fingerprint density at radius 2 is 1.96 bits per heavy atom. The molecule has 1 fully saturated rings. The minimum atomic E-state index is -0.503. The lowest BCUT2D eigenvalue weighted by molar-refractivity contribution is -0.124. The second kappa shape index (κ2) is 14.0.